The van der Waals surface area contributed by atoms with E-state index in [1.165, 1.54) is 32.1 Å². The number of hydrogen-bond donors (Lipinski definition) is 2. The van der Waals surface area contributed by atoms with Gasteiger partial charge in [0.15, 0.2) is 0 Å². The highest BCUT2D eigenvalue weighted by atomic mass is 16.5. The second-order valence-corrected chi connectivity index (χ2v) is 4.67. The summed E-state index contributed by atoms with van der Waals surface area (Å²) in [5, 5.41) is 8.77. The lowest BCUT2D eigenvalue weighted by Gasteiger charge is -2.28. The highest BCUT2D eigenvalue weighted by Gasteiger charge is 2.21. The Bertz CT molecular complexity index is 164. The first-order valence-electron chi connectivity index (χ1n) is 6.24. The number of rotatable bonds is 6. The van der Waals surface area contributed by atoms with Gasteiger partial charge in [-0.25, -0.2) is 0 Å². The summed E-state index contributed by atoms with van der Waals surface area (Å²) < 4.78 is 5.80. The van der Waals surface area contributed by atoms with Gasteiger partial charge in [-0.1, -0.05) is 26.2 Å². The summed E-state index contributed by atoms with van der Waals surface area (Å²) in [5.41, 5.74) is 5.61. The first-order chi connectivity index (χ1) is 7.26. The van der Waals surface area contributed by atoms with E-state index in [1.807, 2.05) is 0 Å². The van der Waals surface area contributed by atoms with Crippen molar-refractivity contribution < 1.29 is 9.84 Å². The Morgan fingerprint density at radius 3 is 2.93 bits per heavy atom. The smallest absolute Gasteiger partial charge is 0.0583 e. The molecule has 0 aromatic carbocycles. The minimum atomic E-state index is -0.115. The number of nitrogens with two attached hydrogens (primary N) is 1. The molecule has 1 fully saturated rings. The number of hydrogen-bond acceptors (Lipinski definition) is 3. The summed E-state index contributed by atoms with van der Waals surface area (Å²) >= 11 is 0. The third-order valence-corrected chi connectivity index (χ3v) is 3.39. The van der Waals surface area contributed by atoms with E-state index in [-0.39, 0.29) is 12.6 Å². The van der Waals surface area contributed by atoms with E-state index in [9.17, 15) is 0 Å². The zero-order chi connectivity index (χ0) is 11.1. The highest BCUT2D eigenvalue weighted by Crippen LogP contribution is 2.28. The molecule has 0 aromatic heterocycles. The van der Waals surface area contributed by atoms with Gasteiger partial charge in [-0.3, -0.25) is 0 Å². The Kier molecular flexibility index (Phi) is 6.22. The van der Waals surface area contributed by atoms with Gasteiger partial charge < -0.3 is 15.6 Å². The van der Waals surface area contributed by atoms with E-state index in [0.717, 1.165) is 12.3 Å². The van der Waals surface area contributed by atoms with E-state index in [1.54, 1.807) is 0 Å². The molecule has 90 valence electrons. The van der Waals surface area contributed by atoms with Crippen molar-refractivity contribution in [3.8, 4) is 0 Å². The Morgan fingerprint density at radius 1 is 1.47 bits per heavy atom. The first-order valence-corrected chi connectivity index (χ1v) is 6.24. The zero-order valence-corrected chi connectivity index (χ0v) is 9.82. The van der Waals surface area contributed by atoms with Crippen LogP contribution in [-0.4, -0.2) is 30.5 Å². The van der Waals surface area contributed by atoms with Crippen molar-refractivity contribution >= 4 is 0 Å². The van der Waals surface area contributed by atoms with Crippen LogP contribution in [0.1, 0.15) is 45.4 Å². The van der Waals surface area contributed by atoms with E-state index in [0.29, 0.717) is 12.7 Å². The molecular weight excluding hydrogens is 190 g/mol. The van der Waals surface area contributed by atoms with Crippen LogP contribution in [-0.2, 0) is 4.74 Å². The lowest BCUT2D eigenvalue weighted by Crippen LogP contribution is -2.28. The fourth-order valence-corrected chi connectivity index (χ4v) is 2.24. The predicted molar refractivity (Wildman–Crippen MR) is 61.7 cm³/mol. The Balaban J connectivity index is 2.10. The molecule has 0 amide bonds. The molecule has 0 aliphatic heterocycles. The van der Waals surface area contributed by atoms with E-state index >= 15 is 0 Å². The van der Waals surface area contributed by atoms with Crippen LogP contribution in [0.2, 0.25) is 0 Å². The highest BCUT2D eigenvalue weighted by molar-refractivity contribution is 4.72. The maximum Gasteiger partial charge on any atom is 0.0583 e. The van der Waals surface area contributed by atoms with Crippen LogP contribution in [0.15, 0.2) is 0 Å². The molecular formula is C12H25NO2. The van der Waals surface area contributed by atoms with Crippen LogP contribution in [0.5, 0.6) is 0 Å². The second kappa shape index (κ2) is 7.20. The molecule has 1 rings (SSSR count). The zero-order valence-electron chi connectivity index (χ0n) is 9.82. The molecule has 0 saturated heterocycles. The van der Waals surface area contributed by atoms with Crippen LogP contribution >= 0.6 is 0 Å². The van der Waals surface area contributed by atoms with Crippen molar-refractivity contribution in [2.45, 2.75) is 57.6 Å². The van der Waals surface area contributed by atoms with Gasteiger partial charge >= 0.3 is 0 Å². The van der Waals surface area contributed by atoms with Gasteiger partial charge in [0.2, 0.25) is 0 Å². The van der Waals surface area contributed by atoms with Gasteiger partial charge in [0.25, 0.3) is 0 Å². The molecule has 3 heteroatoms. The van der Waals surface area contributed by atoms with Crippen LogP contribution in [0, 0.1) is 5.92 Å². The van der Waals surface area contributed by atoms with E-state index in [2.05, 4.69) is 6.92 Å². The van der Waals surface area contributed by atoms with Gasteiger partial charge in [0.05, 0.1) is 12.7 Å². The molecule has 0 spiro atoms. The summed E-state index contributed by atoms with van der Waals surface area (Å²) in [5.74, 6) is 0.857. The van der Waals surface area contributed by atoms with E-state index in [4.69, 9.17) is 15.6 Å². The molecule has 1 aliphatic carbocycles. The first kappa shape index (κ1) is 12.9. The molecule has 0 bridgehead atoms. The minimum absolute atomic E-state index is 0.0611. The molecule has 1 aliphatic rings. The molecule has 0 heterocycles. The fraction of sp³-hybridized carbons (Fsp3) is 1.00. The SMILES string of the molecule is CCC1CCCC(OCCC(N)CO)C1. The van der Waals surface area contributed by atoms with Crippen molar-refractivity contribution in [3.05, 3.63) is 0 Å². The molecule has 0 radical (unpaired) electrons. The summed E-state index contributed by atoms with van der Waals surface area (Å²) in [6.45, 7) is 3.02. The third-order valence-electron chi connectivity index (χ3n) is 3.39. The van der Waals surface area contributed by atoms with Crippen LogP contribution in [0.3, 0.4) is 0 Å². The molecule has 3 atom stereocenters. The lowest BCUT2D eigenvalue weighted by molar-refractivity contribution is 0.00773. The summed E-state index contributed by atoms with van der Waals surface area (Å²) in [6, 6.07) is -0.115. The summed E-state index contributed by atoms with van der Waals surface area (Å²) in [6.07, 6.45) is 7.56. The molecule has 15 heavy (non-hydrogen) atoms. The van der Waals surface area contributed by atoms with Crippen molar-refractivity contribution in [2.24, 2.45) is 11.7 Å². The molecule has 0 aromatic rings. The van der Waals surface area contributed by atoms with Gasteiger partial charge in [-0.2, -0.15) is 0 Å². The number of aliphatic hydroxyl groups excluding tert-OH is 1. The van der Waals surface area contributed by atoms with Crippen molar-refractivity contribution in [1.29, 1.82) is 0 Å². The Morgan fingerprint density at radius 2 is 2.27 bits per heavy atom. The van der Waals surface area contributed by atoms with Gasteiger partial charge in [-0.15, -0.1) is 0 Å². The van der Waals surface area contributed by atoms with Crippen LogP contribution < -0.4 is 5.73 Å². The summed E-state index contributed by atoms with van der Waals surface area (Å²) in [4.78, 5) is 0. The fourth-order valence-electron chi connectivity index (χ4n) is 2.24. The lowest BCUT2D eigenvalue weighted by atomic mass is 9.85. The number of ether oxygens (including phenoxy) is 1. The molecule has 1 saturated carbocycles. The minimum Gasteiger partial charge on any atom is -0.395 e. The average Bonchev–Trinajstić information content (AvgIpc) is 2.29. The normalized spacial score (nSPS) is 29.0. The molecule has 3 nitrogen and oxygen atoms in total. The Hall–Kier alpha value is -0.120. The Labute approximate surface area is 93.0 Å². The third kappa shape index (κ3) is 4.96. The molecule has 3 unspecified atom stereocenters. The van der Waals surface area contributed by atoms with E-state index < -0.39 is 0 Å². The van der Waals surface area contributed by atoms with Gasteiger partial charge in [0.1, 0.15) is 0 Å². The van der Waals surface area contributed by atoms with Crippen molar-refractivity contribution in [3.63, 3.8) is 0 Å². The predicted octanol–water partition coefficient (Wildman–Crippen LogP) is 1.68. The largest absolute Gasteiger partial charge is 0.395 e. The van der Waals surface area contributed by atoms with Gasteiger partial charge in [-0.05, 0) is 25.2 Å². The van der Waals surface area contributed by atoms with Crippen molar-refractivity contribution in [1.82, 2.24) is 0 Å². The van der Waals surface area contributed by atoms with Crippen molar-refractivity contribution in [2.75, 3.05) is 13.2 Å². The second-order valence-electron chi connectivity index (χ2n) is 4.67. The number of aliphatic hydroxyl groups is 1. The molecule has 3 N–H and O–H groups in total. The van der Waals surface area contributed by atoms with Crippen LogP contribution in [0.25, 0.3) is 0 Å². The van der Waals surface area contributed by atoms with Crippen LogP contribution in [0.4, 0.5) is 0 Å². The average molecular weight is 215 g/mol. The van der Waals surface area contributed by atoms with Gasteiger partial charge in [0, 0.05) is 12.6 Å². The monoisotopic (exact) mass is 215 g/mol. The standard InChI is InChI=1S/C12H25NO2/c1-2-10-4-3-5-12(8-10)15-7-6-11(13)9-14/h10-12,14H,2-9,13H2,1H3. The topological polar surface area (TPSA) is 55.5 Å². The summed E-state index contributed by atoms with van der Waals surface area (Å²) in [7, 11) is 0. The quantitative estimate of drug-likeness (QED) is 0.709. The maximum absolute atomic E-state index is 8.77. The maximum atomic E-state index is 8.77.